The van der Waals surface area contributed by atoms with E-state index in [1.165, 1.54) is 14.2 Å². The molecule has 0 aliphatic carbocycles. The van der Waals surface area contributed by atoms with Gasteiger partial charge in [-0.1, -0.05) is 36.4 Å². The van der Waals surface area contributed by atoms with E-state index in [-0.39, 0.29) is 0 Å². The molecule has 0 atom stereocenters. The molecule has 2 rings (SSSR count). The second-order valence-electron chi connectivity index (χ2n) is 4.19. The van der Waals surface area contributed by atoms with E-state index in [1.54, 1.807) is 36.4 Å². The van der Waals surface area contributed by atoms with Gasteiger partial charge >= 0.3 is 0 Å². The van der Waals surface area contributed by atoms with Crippen molar-refractivity contribution in [2.75, 3.05) is 19.2 Å². The van der Waals surface area contributed by atoms with Gasteiger partial charge in [-0.05, 0) is 17.4 Å². The number of hydrogen-bond acceptors (Lipinski definition) is 5. The maximum atomic E-state index is 11.2. The summed E-state index contributed by atoms with van der Waals surface area (Å²) in [5.74, 6) is 0. The largest absolute Gasteiger partial charge is 0.276 e. The second kappa shape index (κ2) is 7.41. The molecule has 0 aliphatic rings. The topological polar surface area (TPSA) is 63.5 Å². The highest BCUT2D eigenvalue weighted by Gasteiger charge is 2.35. The summed E-state index contributed by atoms with van der Waals surface area (Å²) in [6.45, 7) is 0. The van der Waals surface area contributed by atoms with Gasteiger partial charge in [0.05, 0.1) is 5.69 Å². The van der Waals surface area contributed by atoms with Crippen LogP contribution in [0.1, 0.15) is 0 Å². The lowest BCUT2D eigenvalue weighted by Crippen LogP contribution is -2.41. The van der Waals surface area contributed by atoms with E-state index in [4.69, 9.17) is 9.68 Å². The fourth-order valence-corrected chi connectivity index (χ4v) is 1.84. The first-order chi connectivity index (χ1) is 10.8. The number of benzene rings is 2. The summed E-state index contributed by atoms with van der Waals surface area (Å²) in [5.41, 5.74) is 1.19. The first-order valence-electron chi connectivity index (χ1n) is 6.54. The van der Waals surface area contributed by atoms with Crippen molar-refractivity contribution in [1.29, 1.82) is 0 Å². The average Bonchev–Trinajstić information content (AvgIpc) is 2.61. The molecule has 0 saturated heterocycles. The SMILES string of the molecule is CO[N+](N=NN(C=O)c1ccccc1)(OC)c1ccccc1. The molecule has 0 fully saturated rings. The zero-order valence-electron chi connectivity index (χ0n) is 12.4. The molecule has 0 saturated carbocycles. The standard InChI is InChI=1S/C15H17N4O3/c1-21-19(22-2,15-11-7-4-8-12-15)17-16-18(13-20)14-9-5-3-6-10-14/h3-13H,1-2H3/q+1. The van der Waals surface area contributed by atoms with Crippen LogP contribution in [0.3, 0.4) is 0 Å². The number of carbonyl (C=O) groups excluding carboxylic acids is 1. The maximum Gasteiger partial charge on any atom is 0.236 e. The van der Waals surface area contributed by atoms with Crippen molar-refractivity contribution in [3.8, 4) is 0 Å². The molecule has 1 amide bonds. The molecule has 0 bridgehead atoms. The smallest absolute Gasteiger partial charge is 0.236 e. The highest BCUT2D eigenvalue weighted by Crippen LogP contribution is 2.25. The Morgan fingerprint density at radius 3 is 2.00 bits per heavy atom. The van der Waals surface area contributed by atoms with Crippen molar-refractivity contribution in [2.45, 2.75) is 0 Å². The second-order valence-corrected chi connectivity index (χ2v) is 4.19. The van der Waals surface area contributed by atoms with Crippen LogP contribution in [0.25, 0.3) is 0 Å². The van der Waals surface area contributed by atoms with Crippen molar-refractivity contribution in [3.63, 3.8) is 0 Å². The highest BCUT2D eigenvalue weighted by molar-refractivity contribution is 5.73. The number of hydrogen-bond donors (Lipinski definition) is 0. The number of amides is 1. The molecule has 2 aromatic rings. The molecule has 0 aromatic heterocycles. The number of para-hydroxylation sites is 1. The zero-order chi connectivity index (χ0) is 15.8. The Morgan fingerprint density at radius 1 is 0.955 bits per heavy atom. The Balaban J connectivity index is 2.32. The van der Waals surface area contributed by atoms with Crippen molar-refractivity contribution in [3.05, 3.63) is 60.7 Å². The molecule has 0 aliphatic heterocycles. The molecule has 0 N–H and O–H groups in total. The maximum absolute atomic E-state index is 11.2. The summed E-state index contributed by atoms with van der Waals surface area (Å²) in [6.07, 6.45) is 0.559. The third kappa shape index (κ3) is 3.34. The predicted octanol–water partition coefficient (Wildman–Crippen LogP) is 3.06. The number of quaternary nitrogens is 1. The molecular formula is C15H17N4O3+. The quantitative estimate of drug-likeness (QED) is 0.342. The minimum Gasteiger partial charge on any atom is -0.276 e. The lowest BCUT2D eigenvalue weighted by molar-refractivity contribution is -0.333. The number of anilines is 1. The molecule has 22 heavy (non-hydrogen) atoms. The highest BCUT2D eigenvalue weighted by atomic mass is 17.0. The van der Waals surface area contributed by atoms with E-state index in [1.807, 2.05) is 24.3 Å². The van der Waals surface area contributed by atoms with Crippen LogP contribution in [0.2, 0.25) is 0 Å². The van der Waals surface area contributed by atoms with Crippen LogP contribution < -0.4 is 9.93 Å². The van der Waals surface area contributed by atoms with Crippen LogP contribution in [0.5, 0.6) is 0 Å². The summed E-state index contributed by atoms with van der Waals surface area (Å²) in [6, 6.07) is 18.0. The third-order valence-electron chi connectivity index (χ3n) is 2.95. The van der Waals surface area contributed by atoms with Gasteiger partial charge in [0.25, 0.3) is 0 Å². The Morgan fingerprint density at radius 2 is 1.50 bits per heavy atom. The summed E-state index contributed by atoms with van der Waals surface area (Å²) < 4.78 is 0. The van der Waals surface area contributed by atoms with Gasteiger partial charge in [-0.3, -0.25) is 4.79 Å². The van der Waals surface area contributed by atoms with Gasteiger partial charge in [0.15, 0.2) is 0 Å². The van der Waals surface area contributed by atoms with Crippen molar-refractivity contribution >= 4 is 17.8 Å². The molecule has 2 aromatic carbocycles. The monoisotopic (exact) mass is 301 g/mol. The predicted molar refractivity (Wildman–Crippen MR) is 82.1 cm³/mol. The summed E-state index contributed by atoms with van der Waals surface area (Å²) >= 11 is 0. The van der Waals surface area contributed by atoms with Gasteiger partial charge in [0.1, 0.15) is 24.4 Å². The lowest BCUT2D eigenvalue weighted by Gasteiger charge is -2.21. The molecule has 0 unspecified atom stereocenters. The average molecular weight is 301 g/mol. The molecule has 114 valence electrons. The fourth-order valence-electron chi connectivity index (χ4n) is 1.84. The van der Waals surface area contributed by atoms with Crippen LogP contribution >= 0.6 is 0 Å². The van der Waals surface area contributed by atoms with E-state index in [9.17, 15) is 4.79 Å². The summed E-state index contributed by atoms with van der Waals surface area (Å²) in [7, 11) is 2.87. The van der Waals surface area contributed by atoms with Gasteiger partial charge in [-0.15, -0.1) is 9.68 Å². The fraction of sp³-hybridized carbons (Fsp3) is 0.133. The van der Waals surface area contributed by atoms with Gasteiger partial charge in [-0.25, -0.2) is 0 Å². The number of rotatable bonds is 7. The Bertz CT molecular complexity index is 615. The van der Waals surface area contributed by atoms with Crippen LogP contribution in [-0.2, 0) is 14.5 Å². The lowest BCUT2D eigenvalue weighted by atomic mass is 10.3. The minimum atomic E-state index is -0.655. The molecule has 0 heterocycles. The van der Waals surface area contributed by atoms with Crippen LogP contribution in [0, 0.1) is 0 Å². The van der Waals surface area contributed by atoms with Gasteiger partial charge in [0, 0.05) is 12.1 Å². The Kier molecular flexibility index (Phi) is 5.31. The van der Waals surface area contributed by atoms with Crippen LogP contribution in [-0.4, -0.2) is 20.6 Å². The van der Waals surface area contributed by atoms with Gasteiger partial charge < -0.3 is 0 Å². The molecule has 0 radical (unpaired) electrons. The number of carbonyl (C=O) groups is 1. The third-order valence-corrected chi connectivity index (χ3v) is 2.95. The summed E-state index contributed by atoms with van der Waals surface area (Å²) in [4.78, 5) is 21.2. The van der Waals surface area contributed by atoms with E-state index in [0.29, 0.717) is 17.8 Å². The molecule has 0 spiro atoms. The Hall–Kier alpha value is -2.61. The van der Waals surface area contributed by atoms with E-state index >= 15 is 0 Å². The van der Waals surface area contributed by atoms with Gasteiger partial charge in [-0.2, -0.15) is 5.01 Å². The van der Waals surface area contributed by atoms with Crippen LogP contribution in [0.15, 0.2) is 71.1 Å². The minimum absolute atomic E-state index is 0.559. The molecule has 7 heteroatoms. The first-order valence-corrected chi connectivity index (χ1v) is 6.54. The van der Waals surface area contributed by atoms with Gasteiger partial charge in [0.2, 0.25) is 12.1 Å². The van der Waals surface area contributed by atoms with Crippen molar-refractivity contribution < 1.29 is 14.5 Å². The Labute approximate surface area is 128 Å². The molecule has 7 nitrogen and oxygen atoms in total. The number of nitrogens with zero attached hydrogens (tertiary/aromatic N) is 4. The van der Waals surface area contributed by atoms with E-state index in [0.717, 1.165) is 5.01 Å². The van der Waals surface area contributed by atoms with E-state index in [2.05, 4.69) is 10.4 Å². The molecular weight excluding hydrogens is 284 g/mol. The normalized spacial score (nSPS) is 11.5. The zero-order valence-corrected chi connectivity index (χ0v) is 12.4. The van der Waals surface area contributed by atoms with Crippen molar-refractivity contribution in [1.82, 2.24) is 4.92 Å². The van der Waals surface area contributed by atoms with Crippen molar-refractivity contribution in [2.24, 2.45) is 10.4 Å². The van der Waals surface area contributed by atoms with Crippen LogP contribution in [0.4, 0.5) is 11.4 Å². The summed E-state index contributed by atoms with van der Waals surface area (Å²) in [5, 5.41) is 9.03. The first kappa shape index (κ1) is 15.8. The van der Waals surface area contributed by atoms with E-state index < -0.39 is 4.92 Å².